The molecule has 0 radical (unpaired) electrons. The predicted octanol–water partition coefficient (Wildman–Crippen LogP) is 0.236. The first-order chi connectivity index (χ1) is 8.04. The average molecular weight is 242 g/mol. The molecule has 0 aliphatic rings. The molecular weight excluding hydrogens is 224 g/mol. The Kier molecular flexibility index (Phi) is 4.59. The fourth-order valence-electron chi connectivity index (χ4n) is 1.77. The summed E-state index contributed by atoms with van der Waals surface area (Å²) in [6, 6.07) is 0. The summed E-state index contributed by atoms with van der Waals surface area (Å²) < 4.78 is 1.49. The van der Waals surface area contributed by atoms with E-state index in [-0.39, 0.29) is 18.8 Å². The van der Waals surface area contributed by atoms with Crippen LogP contribution >= 0.6 is 0 Å². The zero-order valence-electron chi connectivity index (χ0n) is 10.1. The number of aliphatic hydroxyl groups is 1. The van der Waals surface area contributed by atoms with Gasteiger partial charge in [0.05, 0.1) is 17.6 Å². The molecule has 0 amide bonds. The van der Waals surface area contributed by atoms with Crippen molar-refractivity contribution in [2.45, 2.75) is 39.3 Å². The highest BCUT2D eigenvalue weighted by Gasteiger charge is 2.25. The van der Waals surface area contributed by atoms with Crippen LogP contribution in [-0.4, -0.2) is 32.5 Å². The van der Waals surface area contributed by atoms with Crippen LogP contribution in [0.2, 0.25) is 0 Å². The van der Waals surface area contributed by atoms with Crippen molar-refractivity contribution in [3.8, 4) is 0 Å². The van der Waals surface area contributed by atoms with Gasteiger partial charge in [-0.2, -0.15) is 5.10 Å². The number of nitrogens with two attached hydrogens (primary N) is 1. The Hall–Kier alpha value is -1.47. The van der Waals surface area contributed by atoms with Gasteiger partial charge in [-0.1, -0.05) is 13.8 Å². The molecule has 1 rings (SSSR count). The smallest absolute Gasteiger partial charge is 0.313 e. The largest absolute Gasteiger partial charge is 0.390 e. The van der Waals surface area contributed by atoms with Crippen molar-refractivity contribution in [3.05, 3.63) is 21.5 Å². The summed E-state index contributed by atoms with van der Waals surface area (Å²) in [5.41, 5.74) is 6.39. The van der Waals surface area contributed by atoms with E-state index in [0.717, 1.165) is 0 Å². The van der Waals surface area contributed by atoms with Gasteiger partial charge in [0.2, 0.25) is 0 Å². The summed E-state index contributed by atoms with van der Waals surface area (Å²) in [5.74, 6) is 0. The topological polar surface area (TPSA) is 107 Å². The molecule has 1 heterocycles. The van der Waals surface area contributed by atoms with Gasteiger partial charge in [0.25, 0.3) is 0 Å². The minimum Gasteiger partial charge on any atom is -0.390 e. The third-order valence-electron chi connectivity index (χ3n) is 2.61. The van der Waals surface area contributed by atoms with E-state index in [0.29, 0.717) is 24.2 Å². The Morgan fingerprint density at radius 1 is 1.53 bits per heavy atom. The van der Waals surface area contributed by atoms with Gasteiger partial charge >= 0.3 is 5.69 Å². The highest BCUT2D eigenvalue weighted by atomic mass is 16.6. The van der Waals surface area contributed by atoms with E-state index in [4.69, 9.17) is 5.73 Å². The van der Waals surface area contributed by atoms with E-state index < -0.39 is 11.0 Å². The number of aromatic nitrogens is 2. The molecule has 0 spiro atoms. The van der Waals surface area contributed by atoms with Crippen LogP contribution in [0.1, 0.15) is 25.2 Å². The molecule has 1 unspecified atom stereocenters. The zero-order chi connectivity index (χ0) is 13.0. The Labute approximate surface area is 99.4 Å². The number of hydrogen-bond donors (Lipinski definition) is 2. The first-order valence-corrected chi connectivity index (χ1v) is 5.66. The van der Waals surface area contributed by atoms with Crippen LogP contribution in [0, 0.1) is 10.1 Å². The quantitative estimate of drug-likeness (QED) is 0.548. The van der Waals surface area contributed by atoms with Crippen LogP contribution in [0.5, 0.6) is 0 Å². The van der Waals surface area contributed by atoms with Crippen molar-refractivity contribution < 1.29 is 10.0 Å². The highest BCUT2D eigenvalue weighted by Crippen LogP contribution is 2.24. The van der Waals surface area contributed by atoms with Crippen LogP contribution in [0.3, 0.4) is 0 Å². The van der Waals surface area contributed by atoms with E-state index in [2.05, 4.69) is 5.10 Å². The minimum absolute atomic E-state index is 0.0687. The lowest BCUT2D eigenvalue weighted by atomic mass is 10.2. The van der Waals surface area contributed by atoms with E-state index in [9.17, 15) is 15.2 Å². The van der Waals surface area contributed by atoms with Crippen LogP contribution in [0.4, 0.5) is 5.69 Å². The van der Waals surface area contributed by atoms with Crippen molar-refractivity contribution in [3.63, 3.8) is 0 Å². The average Bonchev–Trinajstić information content (AvgIpc) is 2.66. The van der Waals surface area contributed by atoms with Gasteiger partial charge < -0.3 is 10.8 Å². The summed E-state index contributed by atoms with van der Waals surface area (Å²) >= 11 is 0. The Balaban J connectivity index is 3.17. The fourth-order valence-corrected chi connectivity index (χ4v) is 1.77. The van der Waals surface area contributed by atoms with Crippen LogP contribution in [-0.2, 0) is 19.4 Å². The molecule has 1 aromatic heterocycles. The maximum absolute atomic E-state index is 11.0. The standard InChI is InChI=1S/C10H18N4O3/c1-3-8-10(14(16)17)9(4-2)13(12-8)6-7(15)5-11/h7,15H,3-6,11H2,1-2H3. The van der Waals surface area contributed by atoms with Crippen molar-refractivity contribution in [1.29, 1.82) is 0 Å². The van der Waals surface area contributed by atoms with Crippen molar-refractivity contribution in [2.24, 2.45) is 5.73 Å². The number of rotatable bonds is 6. The van der Waals surface area contributed by atoms with Crippen molar-refractivity contribution in [1.82, 2.24) is 9.78 Å². The molecule has 7 heteroatoms. The number of aliphatic hydroxyl groups excluding tert-OH is 1. The Bertz CT molecular complexity index is 403. The molecule has 0 fully saturated rings. The molecule has 0 saturated carbocycles. The molecule has 7 nitrogen and oxygen atoms in total. The number of nitrogens with zero attached hydrogens (tertiary/aromatic N) is 3. The zero-order valence-corrected chi connectivity index (χ0v) is 10.1. The van der Waals surface area contributed by atoms with E-state index in [1.807, 2.05) is 13.8 Å². The monoisotopic (exact) mass is 242 g/mol. The molecule has 0 aliphatic carbocycles. The molecule has 3 N–H and O–H groups in total. The van der Waals surface area contributed by atoms with Crippen LogP contribution < -0.4 is 5.73 Å². The van der Waals surface area contributed by atoms with E-state index in [1.54, 1.807) is 0 Å². The third kappa shape index (κ3) is 2.80. The van der Waals surface area contributed by atoms with E-state index in [1.165, 1.54) is 4.68 Å². The Morgan fingerprint density at radius 2 is 2.18 bits per heavy atom. The molecule has 0 saturated heterocycles. The number of aryl methyl sites for hydroxylation is 1. The summed E-state index contributed by atoms with van der Waals surface area (Å²) in [6.45, 7) is 3.95. The first kappa shape index (κ1) is 13.6. The minimum atomic E-state index is -0.732. The van der Waals surface area contributed by atoms with Gasteiger partial charge in [0, 0.05) is 6.54 Å². The molecule has 96 valence electrons. The van der Waals surface area contributed by atoms with Gasteiger partial charge in [-0.25, -0.2) is 0 Å². The fraction of sp³-hybridized carbons (Fsp3) is 0.700. The number of nitro groups is 1. The van der Waals surface area contributed by atoms with Crippen molar-refractivity contribution >= 4 is 5.69 Å². The molecule has 1 aromatic rings. The number of hydrogen-bond acceptors (Lipinski definition) is 5. The van der Waals surface area contributed by atoms with Gasteiger partial charge in [0.15, 0.2) is 0 Å². The summed E-state index contributed by atoms with van der Waals surface area (Å²) in [4.78, 5) is 10.6. The van der Waals surface area contributed by atoms with Crippen LogP contribution in [0.25, 0.3) is 0 Å². The molecule has 0 aliphatic heterocycles. The summed E-state index contributed by atoms with van der Waals surface area (Å²) in [6.07, 6.45) is 0.264. The molecule has 0 aromatic carbocycles. The molecular formula is C10H18N4O3. The van der Waals surface area contributed by atoms with Gasteiger partial charge in [-0.3, -0.25) is 14.8 Å². The summed E-state index contributed by atoms with van der Waals surface area (Å²) in [5, 5.41) is 24.6. The SMILES string of the molecule is CCc1nn(CC(O)CN)c(CC)c1[N+](=O)[O-]. The first-order valence-electron chi connectivity index (χ1n) is 5.66. The second-order valence-electron chi connectivity index (χ2n) is 3.78. The second kappa shape index (κ2) is 5.74. The van der Waals surface area contributed by atoms with E-state index >= 15 is 0 Å². The van der Waals surface area contributed by atoms with Gasteiger partial charge in [0.1, 0.15) is 11.4 Å². The van der Waals surface area contributed by atoms with Gasteiger partial charge in [-0.05, 0) is 12.8 Å². The summed E-state index contributed by atoms with van der Waals surface area (Å²) in [7, 11) is 0. The lowest BCUT2D eigenvalue weighted by Gasteiger charge is -2.09. The maximum atomic E-state index is 11.0. The Morgan fingerprint density at radius 3 is 2.59 bits per heavy atom. The molecule has 1 atom stereocenters. The lowest BCUT2D eigenvalue weighted by Crippen LogP contribution is -2.26. The van der Waals surface area contributed by atoms with Crippen LogP contribution in [0.15, 0.2) is 0 Å². The van der Waals surface area contributed by atoms with Gasteiger partial charge in [-0.15, -0.1) is 0 Å². The highest BCUT2D eigenvalue weighted by molar-refractivity contribution is 5.41. The lowest BCUT2D eigenvalue weighted by molar-refractivity contribution is -0.386. The normalized spacial score (nSPS) is 12.7. The molecule has 0 bridgehead atoms. The maximum Gasteiger partial charge on any atom is 0.313 e. The third-order valence-corrected chi connectivity index (χ3v) is 2.61. The predicted molar refractivity (Wildman–Crippen MR) is 62.7 cm³/mol. The second-order valence-corrected chi connectivity index (χ2v) is 3.78. The molecule has 17 heavy (non-hydrogen) atoms. The van der Waals surface area contributed by atoms with Crippen molar-refractivity contribution in [2.75, 3.05) is 6.54 Å².